The molecule has 2 aromatic carbocycles. The van der Waals surface area contributed by atoms with E-state index < -0.39 is 0 Å². The van der Waals surface area contributed by atoms with Crippen LogP contribution < -0.4 is 5.32 Å². The molecule has 0 aliphatic carbocycles. The van der Waals surface area contributed by atoms with Crippen LogP contribution >= 0.6 is 0 Å². The van der Waals surface area contributed by atoms with Crippen molar-refractivity contribution in [2.24, 2.45) is 4.99 Å². The zero-order chi connectivity index (χ0) is 18.6. The van der Waals surface area contributed by atoms with E-state index in [1.807, 2.05) is 31.2 Å². The third-order valence-corrected chi connectivity index (χ3v) is 4.04. The number of hydrogen-bond donors (Lipinski definition) is 2. The summed E-state index contributed by atoms with van der Waals surface area (Å²) in [6.45, 7) is 8.21. The molecule has 0 fully saturated rings. The number of hydrogen-bond acceptors (Lipinski definition) is 2. The van der Waals surface area contributed by atoms with Gasteiger partial charge in [0.1, 0.15) is 0 Å². The van der Waals surface area contributed by atoms with Crippen molar-refractivity contribution >= 4 is 23.8 Å². The number of carbonyl (C=O) groups excluding carboxylic acids is 1. The number of aliphatic imine (C=N–C) groups is 1. The third kappa shape index (κ3) is 5.32. The van der Waals surface area contributed by atoms with Crippen molar-refractivity contribution in [1.82, 2.24) is 0 Å². The molecule has 0 bridgehead atoms. The molecule has 133 valence electrons. The standard InChI is InChI=1S/C20H24N4O.Y/c1-13-16(18(22)23-12-21)6-5-7-17(13)24-19(25)14-8-10-15(11-9-14)20(2,3)4;/h5-12H,1-4H3,(H4,21,22,23,24,25);/p-1. The van der Waals surface area contributed by atoms with Crippen LogP contribution in [0.2, 0.25) is 0 Å². The Morgan fingerprint density at radius 3 is 2.31 bits per heavy atom. The number of anilines is 1. The molecule has 0 aliphatic rings. The van der Waals surface area contributed by atoms with Crippen LogP contribution in [0.3, 0.4) is 0 Å². The van der Waals surface area contributed by atoms with Crippen LogP contribution in [0, 0.1) is 12.3 Å². The van der Waals surface area contributed by atoms with Crippen LogP contribution in [0.4, 0.5) is 5.69 Å². The number of nitrogens with one attached hydrogen (secondary N) is 3. The molecule has 6 heteroatoms. The Hall–Kier alpha value is -1.85. The second kappa shape index (κ2) is 9.20. The molecule has 1 amide bonds. The number of carbonyl (C=O) groups is 1. The Morgan fingerprint density at radius 2 is 1.77 bits per heavy atom. The Bertz CT molecular complexity index is 821. The van der Waals surface area contributed by atoms with Crippen molar-refractivity contribution < 1.29 is 37.5 Å². The third-order valence-electron chi connectivity index (χ3n) is 4.04. The van der Waals surface area contributed by atoms with Gasteiger partial charge in [-0.3, -0.25) is 4.79 Å². The van der Waals surface area contributed by atoms with E-state index in [-0.39, 0.29) is 49.9 Å². The van der Waals surface area contributed by atoms with Crippen molar-refractivity contribution in [1.29, 1.82) is 5.41 Å². The monoisotopic (exact) mass is 424 g/mol. The minimum atomic E-state index is -0.198. The van der Waals surface area contributed by atoms with Gasteiger partial charge in [-0.15, -0.1) is 0 Å². The number of rotatable bonds is 4. The summed E-state index contributed by atoms with van der Waals surface area (Å²) in [6.07, 6.45) is 0.837. The SMILES string of the molecule is Cc1c(NC(=O)c2ccc(C(C)(C)C)cc2)cccc1C([NH-])=NC=N.[Y]. The van der Waals surface area contributed by atoms with Gasteiger partial charge in [-0.1, -0.05) is 50.9 Å². The largest absolute Gasteiger partial charge is 0.482 e. The minimum Gasteiger partial charge on any atom is -0.482 e. The van der Waals surface area contributed by atoms with E-state index in [1.165, 1.54) is 5.56 Å². The summed E-state index contributed by atoms with van der Waals surface area (Å²) in [5.74, 6) is -0.200. The van der Waals surface area contributed by atoms with E-state index in [9.17, 15) is 4.79 Å². The summed E-state index contributed by atoms with van der Waals surface area (Å²) in [4.78, 5) is 16.2. The molecule has 0 saturated heterocycles. The molecule has 3 N–H and O–H groups in total. The van der Waals surface area contributed by atoms with Gasteiger partial charge in [0.2, 0.25) is 0 Å². The molecular weight excluding hydrogens is 401 g/mol. The summed E-state index contributed by atoms with van der Waals surface area (Å²) in [7, 11) is 0. The molecule has 0 spiro atoms. The average molecular weight is 424 g/mol. The Kier molecular flexibility index (Phi) is 7.85. The zero-order valence-electron chi connectivity index (χ0n) is 15.6. The second-order valence-corrected chi connectivity index (χ2v) is 6.87. The van der Waals surface area contributed by atoms with Crippen molar-refractivity contribution in [3.8, 4) is 0 Å². The van der Waals surface area contributed by atoms with E-state index in [1.54, 1.807) is 18.2 Å². The fraction of sp³-hybridized carbons (Fsp3) is 0.250. The molecule has 0 unspecified atom stereocenters. The van der Waals surface area contributed by atoms with Gasteiger partial charge < -0.3 is 21.5 Å². The normalized spacial score (nSPS) is 11.5. The average Bonchev–Trinajstić information content (AvgIpc) is 2.56. The van der Waals surface area contributed by atoms with Gasteiger partial charge in [0, 0.05) is 50.3 Å². The molecule has 0 saturated carbocycles. The first kappa shape index (κ1) is 22.2. The van der Waals surface area contributed by atoms with Crippen molar-refractivity contribution in [3.05, 3.63) is 70.5 Å². The van der Waals surface area contributed by atoms with Crippen LogP contribution in [-0.4, -0.2) is 18.1 Å². The molecule has 2 rings (SSSR count). The minimum absolute atomic E-state index is 0. The van der Waals surface area contributed by atoms with Gasteiger partial charge in [-0.05, 0) is 47.2 Å². The Labute approximate surface area is 179 Å². The van der Waals surface area contributed by atoms with Crippen molar-refractivity contribution in [2.75, 3.05) is 5.32 Å². The molecule has 0 aliphatic heterocycles. The fourth-order valence-corrected chi connectivity index (χ4v) is 2.48. The van der Waals surface area contributed by atoms with Gasteiger partial charge in [0.05, 0.1) is 0 Å². The van der Waals surface area contributed by atoms with Crippen LogP contribution in [0.15, 0.2) is 47.5 Å². The zero-order valence-corrected chi connectivity index (χ0v) is 18.4. The predicted octanol–water partition coefficient (Wildman–Crippen LogP) is 4.95. The number of benzene rings is 2. The summed E-state index contributed by atoms with van der Waals surface area (Å²) in [6, 6.07) is 12.9. The smallest absolute Gasteiger partial charge is 0.255 e. The van der Waals surface area contributed by atoms with E-state index >= 15 is 0 Å². The maximum absolute atomic E-state index is 12.5. The van der Waals surface area contributed by atoms with Gasteiger partial charge in [0.15, 0.2) is 0 Å². The van der Waals surface area contributed by atoms with E-state index in [0.29, 0.717) is 16.8 Å². The van der Waals surface area contributed by atoms with Crippen LogP contribution in [0.1, 0.15) is 47.8 Å². The topological polar surface area (TPSA) is 89.1 Å². The summed E-state index contributed by atoms with van der Waals surface area (Å²) in [5.41, 5.74) is 11.6. The molecule has 26 heavy (non-hydrogen) atoms. The van der Waals surface area contributed by atoms with Gasteiger partial charge in [0.25, 0.3) is 5.91 Å². The molecule has 1 radical (unpaired) electrons. The van der Waals surface area contributed by atoms with E-state index in [4.69, 9.17) is 11.1 Å². The fourth-order valence-electron chi connectivity index (χ4n) is 2.48. The first-order valence-corrected chi connectivity index (χ1v) is 8.04. The summed E-state index contributed by atoms with van der Waals surface area (Å²) >= 11 is 0. The second-order valence-electron chi connectivity index (χ2n) is 6.87. The number of amidine groups is 1. The number of amides is 1. The first-order chi connectivity index (χ1) is 11.7. The molecule has 5 nitrogen and oxygen atoms in total. The van der Waals surface area contributed by atoms with Crippen LogP contribution in [0.25, 0.3) is 5.73 Å². The van der Waals surface area contributed by atoms with Crippen LogP contribution in [0.5, 0.6) is 0 Å². The van der Waals surface area contributed by atoms with Gasteiger partial charge in [-0.2, -0.15) is 0 Å². The Morgan fingerprint density at radius 1 is 1.15 bits per heavy atom. The molecule has 0 atom stereocenters. The maximum Gasteiger partial charge on any atom is 0.255 e. The summed E-state index contributed by atoms with van der Waals surface area (Å²) in [5, 5.41) is 9.88. The Balaban J connectivity index is 0.00000338. The van der Waals surface area contributed by atoms with Gasteiger partial charge in [-0.25, -0.2) is 0 Å². The quantitative estimate of drug-likeness (QED) is 0.528. The number of nitrogens with zero attached hydrogens (tertiary/aromatic N) is 1. The van der Waals surface area contributed by atoms with Gasteiger partial charge >= 0.3 is 0 Å². The molecule has 0 heterocycles. The van der Waals surface area contributed by atoms with E-state index in [0.717, 1.165) is 11.9 Å². The predicted molar refractivity (Wildman–Crippen MR) is 104 cm³/mol. The maximum atomic E-state index is 12.5. The first-order valence-electron chi connectivity index (χ1n) is 8.04. The molecule has 0 aromatic heterocycles. The van der Waals surface area contributed by atoms with Crippen LogP contribution in [-0.2, 0) is 38.1 Å². The summed E-state index contributed by atoms with van der Waals surface area (Å²) < 4.78 is 0. The van der Waals surface area contributed by atoms with E-state index in [2.05, 4.69) is 31.1 Å². The molecule has 2 aromatic rings. The van der Waals surface area contributed by atoms with Crippen molar-refractivity contribution in [2.45, 2.75) is 33.1 Å². The molecular formula is C20H23N4OY-. The van der Waals surface area contributed by atoms with Crippen molar-refractivity contribution in [3.63, 3.8) is 0 Å².